The minimum absolute atomic E-state index is 0.0297. The fourth-order valence-electron chi connectivity index (χ4n) is 0.957. The van der Waals surface area contributed by atoms with Gasteiger partial charge in [0.15, 0.2) is 0 Å². The maximum atomic E-state index is 10.5. The first-order chi connectivity index (χ1) is 7.06. The highest BCUT2D eigenvalue weighted by atomic mass is 35.5. The molecule has 1 rings (SSSR count). The molecular formula is C8H10ClNO4S. The van der Waals surface area contributed by atoms with E-state index in [1.165, 1.54) is 0 Å². The van der Waals surface area contributed by atoms with E-state index in [4.69, 9.17) is 16.7 Å². The van der Waals surface area contributed by atoms with Crippen LogP contribution >= 0.6 is 22.9 Å². The minimum atomic E-state index is -1.18. The SMILES string of the molecule is O=C(O)c1cnc(C(O)C(O)CCCl)s1. The molecule has 0 spiro atoms. The zero-order chi connectivity index (χ0) is 11.4. The monoisotopic (exact) mass is 251 g/mol. The lowest BCUT2D eigenvalue weighted by Crippen LogP contribution is -2.18. The van der Waals surface area contributed by atoms with Crippen LogP contribution in [0.3, 0.4) is 0 Å². The smallest absolute Gasteiger partial charge is 0.347 e. The van der Waals surface area contributed by atoms with Gasteiger partial charge in [0.2, 0.25) is 0 Å². The third kappa shape index (κ3) is 3.13. The summed E-state index contributed by atoms with van der Waals surface area (Å²) in [5.74, 6) is -0.882. The molecule has 2 atom stereocenters. The minimum Gasteiger partial charge on any atom is -0.477 e. The average molecular weight is 252 g/mol. The summed E-state index contributed by atoms with van der Waals surface area (Å²) in [7, 11) is 0. The van der Waals surface area contributed by atoms with Crippen molar-refractivity contribution >= 4 is 28.9 Å². The Balaban J connectivity index is 2.73. The number of carboxylic acid groups (broad SMARTS) is 1. The van der Waals surface area contributed by atoms with Crippen LogP contribution in [-0.4, -0.2) is 38.3 Å². The molecular weight excluding hydrogens is 242 g/mol. The molecule has 0 amide bonds. The highest BCUT2D eigenvalue weighted by molar-refractivity contribution is 7.13. The molecule has 0 aromatic carbocycles. The van der Waals surface area contributed by atoms with Gasteiger partial charge in [-0.05, 0) is 6.42 Å². The Bertz CT molecular complexity index is 343. The number of carbonyl (C=O) groups is 1. The predicted molar refractivity (Wildman–Crippen MR) is 55.4 cm³/mol. The van der Waals surface area contributed by atoms with Gasteiger partial charge >= 0.3 is 5.97 Å². The number of halogens is 1. The van der Waals surface area contributed by atoms with Crippen LogP contribution < -0.4 is 0 Å². The molecule has 0 radical (unpaired) electrons. The van der Waals surface area contributed by atoms with E-state index in [0.717, 1.165) is 17.5 Å². The Kier molecular flexibility index (Phi) is 4.46. The van der Waals surface area contributed by atoms with Gasteiger partial charge in [-0.15, -0.1) is 22.9 Å². The normalized spacial score (nSPS) is 14.9. The summed E-state index contributed by atoms with van der Waals surface area (Å²) in [6.45, 7) is 0. The number of aliphatic hydroxyl groups excluding tert-OH is 2. The molecule has 0 aliphatic rings. The van der Waals surface area contributed by atoms with Crippen molar-refractivity contribution < 1.29 is 20.1 Å². The van der Waals surface area contributed by atoms with E-state index >= 15 is 0 Å². The lowest BCUT2D eigenvalue weighted by molar-refractivity contribution is 0.0169. The first kappa shape index (κ1) is 12.4. The van der Waals surface area contributed by atoms with E-state index in [1.54, 1.807) is 0 Å². The van der Waals surface area contributed by atoms with Gasteiger partial charge in [-0.3, -0.25) is 0 Å². The van der Waals surface area contributed by atoms with Crippen LogP contribution in [0.25, 0.3) is 0 Å². The molecule has 3 N–H and O–H groups in total. The number of aliphatic hydroxyl groups is 2. The number of rotatable bonds is 5. The molecule has 0 aliphatic heterocycles. The maximum Gasteiger partial charge on any atom is 0.347 e. The van der Waals surface area contributed by atoms with E-state index in [1.807, 2.05) is 0 Å². The van der Waals surface area contributed by atoms with Gasteiger partial charge < -0.3 is 15.3 Å². The van der Waals surface area contributed by atoms with Crippen LogP contribution in [-0.2, 0) is 0 Å². The molecule has 0 saturated carbocycles. The molecule has 15 heavy (non-hydrogen) atoms. The zero-order valence-electron chi connectivity index (χ0n) is 7.63. The number of thiazole rings is 1. The third-order valence-corrected chi connectivity index (χ3v) is 3.03. The number of carboxylic acids is 1. The number of hydrogen-bond acceptors (Lipinski definition) is 5. The highest BCUT2D eigenvalue weighted by Crippen LogP contribution is 2.24. The van der Waals surface area contributed by atoms with Crippen LogP contribution in [0.2, 0.25) is 0 Å². The summed E-state index contributed by atoms with van der Waals surface area (Å²) in [5, 5.41) is 27.8. The van der Waals surface area contributed by atoms with Crippen molar-refractivity contribution in [3.8, 4) is 0 Å². The summed E-state index contributed by atoms with van der Waals surface area (Å²) in [6, 6.07) is 0. The molecule has 0 fully saturated rings. The first-order valence-corrected chi connectivity index (χ1v) is 5.52. The fraction of sp³-hybridized carbons (Fsp3) is 0.500. The summed E-state index contributed by atoms with van der Waals surface area (Å²) >= 11 is 6.24. The number of hydrogen-bond donors (Lipinski definition) is 3. The largest absolute Gasteiger partial charge is 0.477 e. The lowest BCUT2D eigenvalue weighted by atomic mass is 10.2. The van der Waals surface area contributed by atoms with Crippen molar-refractivity contribution in [1.82, 2.24) is 4.98 Å². The van der Waals surface area contributed by atoms with Crippen molar-refractivity contribution in [3.05, 3.63) is 16.1 Å². The quantitative estimate of drug-likeness (QED) is 0.676. The van der Waals surface area contributed by atoms with E-state index in [2.05, 4.69) is 4.98 Å². The Morgan fingerprint density at radius 3 is 2.73 bits per heavy atom. The first-order valence-electron chi connectivity index (χ1n) is 4.17. The van der Waals surface area contributed by atoms with Gasteiger partial charge in [0.1, 0.15) is 16.0 Å². The number of aromatic carboxylic acids is 1. The second-order valence-corrected chi connectivity index (χ2v) is 4.30. The summed E-state index contributed by atoms with van der Waals surface area (Å²) in [6.07, 6.45) is -0.818. The van der Waals surface area contributed by atoms with E-state index in [-0.39, 0.29) is 22.2 Å². The van der Waals surface area contributed by atoms with Gasteiger partial charge in [0.05, 0.1) is 12.3 Å². The Labute approximate surface area is 95.0 Å². The van der Waals surface area contributed by atoms with E-state index in [0.29, 0.717) is 0 Å². The van der Waals surface area contributed by atoms with Crippen molar-refractivity contribution in [2.45, 2.75) is 18.6 Å². The van der Waals surface area contributed by atoms with Crippen LogP contribution in [0, 0.1) is 0 Å². The van der Waals surface area contributed by atoms with Crippen molar-refractivity contribution in [2.75, 3.05) is 5.88 Å². The summed E-state index contributed by atoms with van der Waals surface area (Å²) in [5.41, 5.74) is 0. The van der Waals surface area contributed by atoms with Crippen LogP contribution in [0.1, 0.15) is 27.2 Å². The standard InChI is InChI=1S/C8H10ClNO4S/c9-2-1-4(11)6(12)7-10-3-5(15-7)8(13)14/h3-4,6,11-12H,1-2H2,(H,13,14). The van der Waals surface area contributed by atoms with Crippen LogP contribution in [0.5, 0.6) is 0 Å². The highest BCUT2D eigenvalue weighted by Gasteiger charge is 2.22. The zero-order valence-corrected chi connectivity index (χ0v) is 9.20. The van der Waals surface area contributed by atoms with Crippen molar-refractivity contribution in [3.63, 3.8) is 0 Å². The van der Waals surface area contributed by atoms with E-state index in [9.17, 15) is 15.0 Å². The molecule has 84 valence electrons. The van der Waals surface area contributed by atoms with Crippen molar-refractivity contribution in [1.29, 1.82) is 0 Å². The molecule has 0 aliphatic carbocycles. The average Bonchev–Trinajstić information content (AvgIpc) is 2.65. The summed E-state index contributed by atoms with van der Waals surface area (Å²) < 4.78 is 0. The van der Waals surface area contributed by atoms with Gasteiger partial charge in [-0.2, -0.15) is 0 Å². The molecule has 0 bridgehead atoms. The number of nitrogens with zero attached hydrogens (tertiary/aromatic N) is 1. The van der Waals surface area contributed by atoms with Crippen molar-refractivity contribution in [2.24, 2.45) is 0 Å². The van der Waals surface area contributed by atoms with Crippen LogP contribution in [0.15, 0.2) is 6.20 Å². The Morgan fingerprint density at radius 1 is 1.60 bits per heavy atom. The summed E-state index contributed by atoms with van der Waals surface area (Å²) in [4.78, 5) is 14.3. The molecule has 7 heteroatoms. The molecule has 1 heterocycles. The Morgan fingerprint density at radius 2 is 2.27 bits per heavy atom. The predicted octanol–water partition coefficient (Wildman–Crippen LogP) is 0.864. The topological polar surface area (TPSA) is 90.7 Å². The van der Waals surface area contributed by atoms with E-state index < -0.39 is 18.2 Å². The van der Waals surface area contributed by atoms with Gasteiger partial charge in [0.25, 0.3) is 0 Å². The molecule has 2 unspecified atom stereocenters. The van der Waals surface area contributed by atoms with Gasteiger partial charge in [0, 0.05) is 5.88 Å². The fourth-order valence-corrected chi connectivity index (χ4v) is 1.98. The second kappa shape index (κ2) is 5.41. The molecule has 1 aromatic heterocycles. The lowest BCUT2D eigenvalue weighted by Gasteiger charge is -2.13. The van der Waals surface area contributed by atoms with Gasteiger partial charge in [-0.25, -0.2) is 9.78 Å². The van der Waals surface area contributed by atoms with Gasteiger partial charge in [-0.1, -0.05) is 0 Å². The number of aromatic nitrogens is 1. The molecule has 0 saturated heterocycles. The molecule has 5 nitrogen and oxygen atoms in total. The third-order valence-electron chi connectivity index (χ3n) is 1.76. The molecule has 1 aromatic rings. The second-order valence-electron chi connectivity index (χ2n) is 2.86. The maximum absolute atomic E-state index is 10.5. The number of alkyl halides is 1. The Hall–Kier alpha value is -0.690. The van der Waals surface area contributed by atoms with Crippen LogP contribution in [0.4, 0.5) is 0 Å².